The van der Waals surface area contributed by atoms with Crippen molar-refractivity contribution in [2.75, 3.05) is 21.1 Å². The number of nitrogens with zero attached hydrogens (tertiary/aromatic N) is 4. The highest BCUT2D eigenvalue weighted by molar-refractivity contribution is 6.06. The Labute approximate surface area is 874 Å². The van der Waals surface area contributed by atoms with Crippen LogP contribution in [0.15, 0.2) is 45.6 Å². The lowest BCUT2D eigenvalue weighted by Crippen LogP contribution is -2.36. The van der Waals surface area contributed by atoms with Crippen molar-refractivity contribution in [2.24, 2.45) is 178 Å². The Balaban J connectivity index is -0.000000166. The maximum Gasteiger partial charge on any atom is 0.233 e. The van der Waals surface area contributed by atoms with Gasteiger partial charge in [-0.25, -0.2) is 0 Å². The number of amides is 8. The fourth-order valence-corrected chi connectivity index (χ4v) is 18.8. The van der Waals surface area contributed by atoms with Crippen LogP contribution in [-0.2, 0) is 47.9 Å². The van der Waals surface area contributed by atoms with E-state index >= 15 is 0 Å². The van der Waals surface area contributed by atoms with Gasteiger partial charge in [0.1, 0.15) is 11.6 Å². The normalized spacial score (nSPS) is 18.7. The maximum atomic E-state index is 11.9. The molecule has 0 bridgehead atoms. The number of hydrogen-bond acceptors (Lipinski definition) is 11. The van der Waals surface area contributed by atoms with Crippen LogP contribution in [0.25, 0.3) is 0 Å². The molecule has 832 valence electrons. The number of imide groups is 4. The minimum absolute atomic E-state index is 0. The third kappa shape index (κ3) is 69.8. The molecular weight excluding hydrogens is 1730 g/mol. The summed E-state index contributed by atoms with van der Waals surface area (Å²) >= 11 is 0. The minimum Gasteiger partial charge on any atom is -0.317 e. The highest BCUT2D eigenvalue weighted by Crippen LogP contribution is 2.38. The summed E-state index contributed by atoms with van der Waals surface area (Å²) < 4.78 is 0. The molecule has 4 heterocycles. The zero-order valence-corrected chi connectivity index (χ0v) is 101. The summed E-state index contributed by atoms with van der Waals surface area (Å²) in [6, 6.07) is 0.719. The van der Waals surface area contributed by atoms with Gasteiger partial charge in [-0.2, -0.15) is 0 Å². The first-order valence-electron chi connectivity index (χ1n) is 55.1. The molecule has 4 saturated heterocycles. The van der Waals surface area contributed by atoms with E-state index in [1.165, 1.54) is 69.3 Å². The van der Waals surface area contributed by atoms with Crippen molar-refractivity contribution in [3.63, 3.8) is 0 Å². The van der Waals surface area contributed by atoms with Gasteiger partial charge < -0.3 is 5.32 Å². The largest absolute Gasteiger partial charge is 0.317 e. The summed E-state index contributed by atoms with van der Waals surface area (Å²) in [5.74, 6) is 13.6. The van der Waals surface area contributed by atoms with Crippen LogP contribution >= 0.6 is 0 Å². The summed E-state index contributed by atoms with van der Waals surface area (Å²) in [7, 11) is 5.26. The summed E-state index contributed by atoms with van der Waals surface area (Å²) in [6.45, 7) is 116. The molecule has 0 spiro atoms. The van der Waals surface area contributed by atoms with Gasteiger partial charge in [-0.1, -0.05) is 373 Å². The lowest BCUT2D eigenvalue weighted by atomic mass is 9.81. The Kier molecular flexibility index (Phi) is 89.6. The SMILES string of the molecule is C.C.C.CC(=CC(C)C)CC(C)C.CC(=CC(C)C)CC(C)C.CC(C)CC(C)C(C)C(=O)C(C)C.CC(C)CC(C)C(C)C(=O)C(C)C.CC(C)CC1C(=O)N(C)C(=O)C1C(C)C.CC(C)CC1C(=O)N(C)C(=O)C1C(C)C.CC(C)CC1CC(=O)N(C(C)C)C1=O.CC(C)CC1CC(=O)N(C(C)C)C1=O.CC(CC(C)C)=C(C)C(C)C.CC(CC(C)C)=C(C)C(C)C.CNC(CCC(C)C)C(C)C. The van der Waals surface area contributed by atoms with E-state index in [0.29, 0.717) is 101 Å². The number of Topliss-reactive ketones (excluding diaryl/α,β-unsaturated/α-hetero) is 2. The quantitative estimate of drug-likeness (QED) is 0.0454. The lowest BCUT2D eigenvalue weighted by molar-refractivity contribution is -0.143. The van der Waals surface area contributed by atoms with Crippen molar-refractivity contribution >= 4 is 58.8 Å². The highest BCUT2D eigenvalue weighted by atomic mass is 16.2. The van der Waals surface area contributed by atoms with Gasteiger partial charge in [0.25, 0.3) is 0 Å². The van der Waals surface area contributed by atoms with Crippen LogP contribution in [0.3, 0.4) is 0 Å². The molecular formula is C125H247N5O10. The lowest BCUT2D eigenvalue weighted by Gasteiger charge is -2.21. The number of nitrogens with one attached hydrogen (secondary N) is 1. The zero-order valence-electron chi connectivity index (χ0n) is 101. The van der Waals surface area contributed by atoms with E-state index in [1.54, 1.807) is 36.4 Å². The van der Waals surface area contributed by atoms with Gasteiger partial charge in [-0.3, -0.25) is 67.5 Å². The second-order valence-corrected chi connectivity index (χ2v) is 50.1. The van der Waals surface area contributed by atoms with Crippen molar-refractivity contribution < 1.29 is 47.9 Å². The molecule has 15 nitrogen and oxygen atoms in total. The second kappa shape index (κ2) is 80.9. The van der Waals surface area contributed by atoms with Crippen LogP contribution < -0.4 is 5.32 Å². The first-order chi connectivity index (χ1) is 62.3. The van der Waals surface area contributed by atoms with Crippen LogP contribution in [0.4, 0.5) is 0 Å². The molecule has 0 aromatic carbocycles. The Morgan fingerprint density at radius 2 is 0.579 bits per heavy atom. The Morgan fingerprint density at radius 1 is 0.321 bits per heavy atom. The molecule has 4 aliphatic rings. The minimum atomic E-state index is -0.107. The van der Waals surface area contributed by atoms with Gasteiger partial charge in [0.15, 0.2) is 0 Å². The number of allylic oxidation sites excluding steroid dienone is 8. The number of carbonyl (C=O) groups is 10. The van der Waals surface area contributed by atoms with Crippen LogP contribution in [0.1, 0.15) is 486 Å². The molecule has 8 amide bonds. The standard InChI is InChI=1S/2C12H21NO2.2C12H24O.2C11H19NO2.2C11H22.C10H23N.2C10H20.3CH4/c2*1-7(2)6-9-10(8(3)4)12(15)13(5)11(9)14;2*1-8(2)7-10(5)11(6)12(13)9(3)4;2*1-7(2)5-9-6-10(13)12(8(3)4)11(9)14;2*1-8(2)7-10(5)11(6)9(3)4;1-8(2)6-7-10(11-5)9(3)4;2*1-8(2)6-10(5)7-9(3)4;;;/h2*7-10H,6H2,1-5H3;2*8-11H,7H2,1-6H3;2*7-9H,5-6H2,1-4H3;2*8-9H,7H2,1-6H3;8-11H,6-7H2,1-5H3;2*6,8-9H,7H2,1-5H3;3*1H4. The molecule has 4 rings (SSSR count). The molecule has 4 aliphatic heterocycles. The van der Waals surface area contributed by atoms with Crippen molar-refractivity contribution in [3.8, 4) is 0 Å². The molecule has 0 radical (unpaired) electrons. The summed E-state index contributed by atoms with van der Waals surface area (Å²) in [5, 5.41) is 3.36. The average molecular weight is 1980 g/mol. The Bertz CT molecular complexity index is 3260. The second-order valence-electron chi connectivity index (χ2n) is 50.1. The Hall–Kier alpha value is -5.18. The molecule has 15 heteroatoms. The van der Waals surface area contributed by atoms with Crippen molar-refractivity contribution in [3.05, 3.63) is 45.6 Å². The predicted octanol–water partition coefficient (Wildman–Crippen LogP) is 34.4. The van der Waals surface area contributed by atoms with E-state index in [-0.39, 0.29) is 153 Å². The van der Waals surface area contributed by atoms with E-state index in [1.807, 2.05) is 83.1 Å². The third-order valence-electron chi connectivity index (χ3n) is 26.2. The molecule has 140 heavy (non-hydrogen) atoms. The van der Waals surface area contributed by atoms with Gasteiger partial charge in [-0.15, -0.1) is 0 Å². The molecule has 0 aromatic heterocycles. The Morgan fingerprint density at radius 3 is 0.750 bits per heavy atom. The van der Waals surface area contributed by atoms with E-state index in [2.05, 4.69) is 315 Å². The predicted molar refractivity (Wildman–Crippen MR) is 616 cm³/mol. The van der Waals surface area contributed by atoms with Gasteiger partial charge >= 0.3 is 0 Å². The fourth-order valence-electron chi connectivity index (χ4n) is 18.8. The van der Waals surface area contributed by atoms with Crippen LogP contribution in [0.2, 0.25) is 0 Å². The van der Waals surface area contributed by atoms with Crippen molar-refractivity contribution in [1.82, 2.24) is 24.9 Å². The van der Waals surface area contributed by atoms with Crippen molar-refractivity contribution in [2.45, 2.75) is 504 Å². The molecule has 11 atom stereocenters. The van der Waals surface area contributed by atoms with Crippen LogP contribution in [0, 0.1) is 178 Å². The van der Waals surface area contributed by atoms with Gasteiger partial charge in [0.2, 0.25) is 47.3 Å². The maximum absolute atomic E-state index is 11.9. The van der Waals surface area contributed by atoms with E-state index in [9.17, 15) is 47.9 Å². The van der Waals surface area contributed by atoms with Crippen LogP contribution in [-0.4, -0.2) is 118 Å². The van der Waals surface area contributed by atoms with Gasteiger partial charge in [-0.05, 0) is 272 Å². The smallest absolute Gasteiger partial charge is 0.233 e. The summed E-state index contributed by atoms with van der Waals surface area (Å²) in [5.41, 5.74) is 9.36. The summed E-state index contributed by atoms with van der Waals surface area (Å²) in [4.78, 5) is 123. The number of carbonyl (C=O) groups excluding carboxylic acids is 10. The molecule has 0 aromatic rings. The third-order valence-corrected chi connectivity index (χ3v) is 26.2. The van der Waals surface area contributed by atoms with E-state index in [4.69, 9.17) is 0 Å². The first-order valence-corrected chi connectivity index (χ1v) is 55.1. The number of likely N-dealkylation sites (tertiary alicyclic amines) is 4. The average Bonchev–Trinajstić information content (AvgIpc) is 1.64. The fraction of sp³-hybridized carbons (Fsp3) is 0.856. The molecule has 11 unspecified atom stereocenters. The topological polar surface area (TPSA) is 196 Å². The van der Waals surface area contributed by atoms with E-state index < -0.39 is 0 Å². The molecule has 0 saturated carbocycles. The summed E-state index contributed by atoms with van der Waals surface area (Å²) in [6.07, 6.45) is 18.8. The zero-order chi connectivity index (χ0) is 110. The van der Waals surface area contributed by atoms with Gasteiger partial charge in [0, 0.05) is 80.6 Å². The number of hydrogen-bond donors (Lipinski definition) is 1. The van der Waals surface area contributed by atoms with Crippen molar-refractivity contribution in [1.29, 1.82) is 0 Å². The van der Waals surface area contributed by atoms with Gasteiger partial charge in [0.05, 0.1) is 23.7 Å². The van der Waals surface area contributed by atoms with Crippen LogP contribution in [0.5, 0.6) is 0 Å². The highest BCUT2D eigenvalue weighted by Gasteiger charge is 2.49. The monoisotopic (exact) mass is 1980 g/mol. The molecule has 4 fully saturated rings. The molecule has 0 aliphatic carbocycles. The number of rotatable bonds is 39. The first kappa shape index (κ1) is 155. The number of ketones is 2. The van der Waals surface area contributed by atoms with E-state index in [0.717, 1.165) is 74.0 Å². The molecule has 1 N–H and O–H groups in total.